The average Bonchev–Trinajstić information content (AvgIpc) is 2.59. The van der Waals surface area contributed by atoms with Gasteiger partial charge in [-0.05, 0) is 29.5 Å². The molecule has 0 saturated heterocycles. The van der Waals surface area contributed by atoms with Crippen LogP contribution in [-0.4, -0.2) is 6.54 Å². The van der Waals surface area contributed by atoms with Crippen LogP contribution in [0.5, 0.6) is 0 Å². The Kier molecular flexibility index (Phi) is 1.95. The Balaban J connectivity index is 2.22. The molecule has 0 atom stereocenters. The minimum absolute atomic E-state index is 0.953. The van der Waals surface area contributed by atoms with E-state index in [9.17, 15) is 0 Å². The van der Waals surface area contributed by atoms with Gasteiger partial charge in [0.05, 0.1) is 0 Å². The highest BCUT2D eigenvalue weighted by Gasteiger charge is 1.96. The van der Waals surface area contributed by atoms with E-state index in [0.717, 1.165) is 6.54 Å². The molecule has 1 nitrogen and oxygen atoms in total. The Morgan fingerprint density at radius 3 is 2.67 bits per heavy atom. The van der Waals surface area contributed by atoms with Gasteiger partial charge in [-0.3, -0.25) is 0 Å². The maximum atomic E-state index is 3.14. The first kappa shape index (κ1) is 7.17. The van der Waals surface area contributed by atoms with E-state index in [1.54, 1.807) is 0 Å². The van der Waals surface area contributed by atoms with Gasteiger partial charge in [-0.15, -0.1) is 0 Å². The number of rotatable bonds is 1. The molecule has 1 aromatic rings. The summed E-state index contributed by atoms with van der Waals surface area (Å²) >= 11 is 0. The zero-order chi connectivity index (χ0) is 8.23. The van der Waals surface area contributed by atoms with E-state index in [4.69, 9.17) is 0 Å². The second-order valence-corrected chi connectivity index (χ2v) is 2.84. The molecule has 60 valence electrons. The van der Waals surface area contributed by atoms with Crippen LogP contribution in [0.1, 0.15) is 5.56 Å². The molecule has 0 aliphatic carbocycles. The summed E-state index contributed by atoms with van der Waals surface area (Å²) in [5.74, 6) is 0. The fourth-order valence-electron chi connectivity index (χ4n) is 1.26. The van der Waals surface area contributed by atoms with Gasteiger partial charge in [-0.25, -0.2) is 0 Å². The molecule has 0 bridgehead atoms. The largest absolute Gasteiger partial charge is 0.387 e. The van der Waals surface area contributed by atoms with Crippen LogP contribution < -0.4 is 5.32 Å². The standard InChI is InChI=1S/C11H11N/c1-2-4-10(5-3-1)8-11-6-7-12-9-11/h1-8,12H,9H2. The zero-order valence-corrected chi connectivity index (χ0v) is 6.83. The normalized spacial score (nSPS) is 18.2. The Labute approximate surface area is 72.4 Å². The van der Waals surface area contributed by atoms with Crippen molar-refractivity contribution in [2.75, 3.05) is 6.54 Å². The van der Waals surface area contributed by atoms with Gasteiger partial charge in [-0.1, -0.05) is 30.3 Å². The second kappa shape index (κ2) is 3.26. The Bertz CT molecular complexity index is 309. The highest BCUT2D eigenvalue weighted by atomic mass is 14.8. The van der Waals surface area contributed by atoms with Crippen molar-refractivity contribution in [3.63, 3.8) is 0 Å². The monoisotopic (exact) mass is 157 g/mol. The summed E-state index contributed by atoms with van der Waals surface area (Å²) in [4.78, 5) is 0. The third-order valence-electron chi connectivity index (χ3n) is 1.87. The van der Waals surface area contributed by atoms with E-state index < -0.39 is 0 Å². The lowest BCUT2D eigenvalue weighted by Gasteiger charge is -1.94. The summed E-state index contributed by atoms with van der Waals surface area (Å²) in [5.41, 5.74) is 2.60. The van der Waals surface area contributed by atoms with E-state index >= 15 is 0 Å². The summed E-state index contributed by atoms with van der Waals surface area (Å²) in [7, 11) is 0. The summed E-state index contributed by atoms with van der Waals surface area (Å²) < 4.78 is 0. The van der Waals surface area contributed by atoms with Crippen LogP contribution in [0.4, 0.5) is 0 Å². The quantitative estimate of drug-likeness (QED) is 0.659. The molecule has 1 aromatic carbocycles. The van der Waals surface area contributed by atoms with E-state index in [0.29, 0.717) is 0 Å². The molecular formula is C11H11N. The van der Waals surface area contributed by atoms with E-state index in [1.807, 2.05) is 12.3 Å². The molecule has 0 amide bonds. The molecule has 1 aliphatic heterocycles. The van der Waals surface area contributed by atoms with Gasteiger partial charge in [0.1, 0.15) is 0 Å². The number of nitrogens with one attached hydrogen (secondary N) is 1. The van der Waals surface area contributed by atoms with Crippen molar-refractivity contribution in [1.29, 1.82) is 0 Å². The molecule has 12 heavy (non-hydrogen) atoms. The molecule has 0 saturated carbocycles. The maximum Gasteiger partial charge on any atom is 0.0396 e. The third-order valence-corrected chi connectivity index (χ3v) is 1.87. The summed E-state index contributed by atoms with van der Waals surface area (Å²) in [6, 6.07) is 10.4. The molecule has 1 heteroatoms. The van der Waals surface area contributed by atoms with Crippen LogP contribution >= 0.6 is 0 Å². The lowest BCUT2D eigenvalue weighted by atomic mass is 10.1. The minimum atomic E-state index is 0.953. The molecule has 0 unspecified atom stereocenters. The van der Waals surface area contributed by atoms with E-state index in [-0.39, 0.29) is 0 Å². The fourth-order valence-corrected chi connectivity index (χ4v) is 1.26. The molecule has 0 spiro atoms. The fraction of sp³-hybridized carbons (Fsp3) is 0.0909. The average molecular weight is 157 g/mol. The first-order chi connectivity index (χ1) is 5.95. The van der Waals surface area contributed by atoms with Crippen LogP contribution in [-0.2, 0) is 0 Å². The summed E-state index contributed by atoms with van der Waals surface area (Å²) in [6.45, 7) is 0.953. The summed E-state index contributed by atoms with van der Waals surface area (Å²) in [6.07, 6.45) is 6.28. The van der Waals surface area contributed by atoms with E-state index in [2.05, 4.69) is 41.7 Å². The van der Waals surface area contributed by atoms with Gasteiger partial charge in [0.2, 0.25) is 0 Å². The molecule has 0 radical (unpaired) electrons. The van der Waals surface area contributed by atoms with Crippen molar-refractivity contribution in [1.82, 2.24) is 5.32 Å². The smallest absolute Gasteiger partial charge is 0.0396 e. The first-order valence-electron chi connectivity index (χ1n) is 4.11. The number of hydrogen-bond donors (Lipinski definition) is 1. The lowest BCUT2D eigenvalue weighted by molar-refractivity contribution is 1.01. The molecular weight excluding hydrogens is 146 g/mol. The van der Waals surface area contributed by atoms with E-state index in [1.165, 1.54) is 11.1 Å². The van der Waals surface area contributed by atoms with Crippen molar-refractivity contribution >= 4 is 6.08 Å². The highest BCUT2D eigenvalue weighted by Crippen LogP contribution is 2.09. The lowest BCUT2D eigenvalue weighted by Crippen LogP contribution is -1.99. The van der Waals surface area contributed by atoms with Gasteiger partial charge in [-0.2, -0.15) is 0 Å². The second-order valence-electron chi connectivity index (χ2n) is 2.84. The van der Waals surface area contributed by atoms with Crippen LogP contribution in [0, 0.1) is 0 Å². The molecule has 1 heterocycles. The minimum Gasteiger partial charge on any atom is -0.387 e. The first-order valence-corrected chi connectivity index (χ1v) is 4.11. The molecule has 2 rings (SSSR count). The SMILES string of the molecule is C1=CC(=Cc2ccccc2)CN1. The van der Waals surface area contributed by atoms with Crippen LogP contribution in [0.2, 0.25) is 0 Å². The zero-order valence-electron chi connectivity index (χ0n) is 6.83. The third kappa shape index (κ3) is 1.56. The predicted molar refractivity (Wildman–Crippen MR) is 51.6 cm³/mol. The molecule has 1 N–H and O–H groups in total. The van der Waals surface area contributed by atoms with Crippen molar-refractivity contribution in [2.24, 2.45) is 0 Å². The van der Waals surface area contributed by atoms with Gasteiger partial charge in [0.15, 0.2) is 0 Å². The predicted octanol–water partition coefficient (Wildman–Crippen LogP) is 2.19. The maximum absolute atomic E-state index is 3.14. The van der Waals surface area contributed by atoms with Crippen molar-refractivity contribution in [3.8, 4) is 0 Å². The van der Waals surface area contributed by atoms with Crippen molar-refractivity contribution < 1.29 is 0 Å². The Morgan fingerprint density at radius 2 is 2.00 bits per heavy atom. The van der Waals surface area contributed by atoms with Gasteiger partial charge >= 0.3 is 0 Å². The number of hydrogen-bond acceptors (Lipinski definition) is 1. The molecule has 1 aliphatic rings. The van der Waals surface area contributed by atoms with Crippen LogP contribution in [0.25, 0.3) is 6.08 Å². The molecule has 0 fully saturated rings. The van der Waals surface area contributed by atoms with Crippen molar-refractivity contribution in [2.45, 2.75) is 0 Å². The Morgan fingerprint density at radius 1 is 1.17 bits per heavy atom. The topological polar surface area (TPSA) is 12.0 Å². The van der Waals surface area contributed by atoms with Gasteiger partial charge < -0.3 is 5.32 Å². The Hall–Kier alpha value is -1.50. The van der Waals surface area contributed by atoms with Crippen molar-refractivity contribution in [3.05, 3.63) is 53.7 Å². The van der Waals surface area contributed by atoms with Crippen LogP contribution in [0.3, 0.4) is 0 Å². The summed E-state index contributed by atoms with van der Waals surface area (Å²) in [5, 5.41) is 3.14. The highest BCUT2D eigenvalue weighted by molar-refractivity contribution is 5.57. The van der Waals surface area contributed by atoms with Gasteiger partial charge in [0.25, 0.3) is 0 Å². The number of benzene rings is 1. The van der Waals surface area contributed by atoms with Gasteiger partial charge in [0, 0.05) is 6.54 Å². The van der Waals surface area contributed by atoms with Crippen LogP contribution in [0.15, 0.2) is 48.2 Å². The molecule has 0 aromatic heterocycles.